The molecule has 1 aliphatic heterocycles. The summed E-state index contributed by atoms with van der Waals surface area (Å²) < 4.78 is 0. The van der Waals surface area contributed by atoms with Gasteiger partial charge in [0.1, 0.15) is 6.04 Å². The largest absolute Gasteiger partial charge is 0.481 e. The third kappa shape index (κ3) is 3.05. The maximum absolute atomic E-state index is 12.1. The molecule has 2 rings (SSSR count). The Morgan fingerprint density at radius 1 is 1.26 bits per heavy atom. The molecular weight excluding hydrogens is 248 g/mol. The van der Waals surface area contributed by atoms with Crippen molar-refractivity contribution in [1.29, 1.82) is 0 Å². The van der Waals surface area contributed by atoms with Crippen LogP contribution in [0, 0.1) is 11.8 Å². The highest BCUT2D eigenvalue weighted by Gasteiger charge is 2.35. The molecule has 3 atom stereocenters. The van der Waals surface area contributed by atoms with Gasteiger partial charge in [0.2, 0.25) is 11.8 Å². The molecule has 1 saturated heterocycles. The minimum Gasteiger partial charge on any atom is -0.481 e. The zero-order valence-electron chi connectivity index (χ0n) is 11.1. The van der Waals surface area contributed by atoms with Gasteiger partial charge >= 0.3 is 5.97 Å². The second kappa shape index (κ2) is 5.59. The fourth-order valence-electron chi connectivity index (χ4n) is 2.90. The number of carboxylic acid groups (broad SMARTS) is 1. The minimum atomic E-state index is -0.825. The molecule has 0 aromatic rings. The predicted molar refractivity (Wildman–Crippen MR) is 67.3 cm³/mol. The van der Waals surface area contributed by atoms with Crippen LogP contribution >= 0.6 is 0 Å². The smallest absolute Gasteiger partial charge is 0.306 e. The number of hydrogen-bond donors (Lipinski definition) is 2. The van der Waals surface area contributed by atoms with Gasteiger partial charge in [0.15, 0.2) is 0 Å². The quantitative estimate of drug-likeness (QED) is 0.767. The first-order valence-electron chi connectivity index (χ1n) is 6.77. The average Bonchev–Trinajstić information content (AvgIpc) is 2.71. The average molecular weight is 268 g/mol. The van der Waals surface area contributed by atoms with Crippen LogP contribution < -0.4 is 5.32 Å². The number of carbonyl (C=O) groups excluding carboxylic acids is 2. The predicted octanol–water partition coefficient (Wildman–Crippen LogP) is 0.224. The second-order valence-electron chi connectivity index (χ2n) is 5.51. The fraction of sp³-hybridized carbons (Fsp3) is 0.769. The number of aliphatic carboxylic acids is 1. The summed E-state index contributed by atoms with van der Waals surface area (Å²) in [6.45, 7) is 0.659. The van der Waals surface area contributed by atoms with Gasteiger partial charge in [0.25, 0.3) is 0 Å². The SMILES string of the molecule is CN1CCC(NC(=O)C2CCCC(C(=O)O)C2)C1=O. The number of amides is 2. The van der Waals surface area contributed by atoms with E-state index >= 15 is 0 Å². The fourth-order valence-corrected chi connectivity index (χ4v) is 2.90. The lowest BCUT2D eigenvalue weighted by atomic mass is 9.81. The Bertz CT molecular complexity index is 396. The second-order valence-corrected chi connectivity index (χ2v) is 5.51. The Labute approximate surface area is 112 Å². The summed E-state index contributed by atoms with van der Waals surface area (Å²) in [6.07, 6.45) is 3.14. The summed E-state index contributed by atoms with van der Waals surface area (Å²) in [4.78, 5) is 36.4. The van der Waals surface area contributed by atoms with Crippen molar-refractivity contribution in [2.24, 2.45) is 11.8 Å². The highest BCUT2D eigenvalue weighted by molar-refractivity contribution is 5.90. The molecule has 1 aliphatic carbocycles. The molecule has 0 radical (unpaired) electrons. The Morgan fingerprint density at radius 2 is 1.95 bits per heavy atom. The van der Waals surface area contributed by atoms with Crippen LogP contribution in [0.4, 0.5) is 0 Å². The number of hydrogen-bond acceptors (Lipinski definition) is 3. The van der Waals surface area contributed by atoms with Crippen LogP contribution in [-0.4, -0.2) is 47.4 Å². The molecule has 0 aromatic heterocycles. The molecule has 6 nitrogen and oxygen atoms in total. The number of carboxylic acids is 1. The van der Waals surface area contributed by atoms with Crippen molar-refractivity contribution < 1.29 is 19.5 Å². The molecule has 0 spiro atoms. The van der Waals surface area contributed by atoms with Crippen molar-refractivity contribution >= 4 is 17.8 Å². The van der Waals surface area contributed by atoms with Crippen LogP contribution in [0.25, 0.3) is 0 Å². The molecule has 0 aromatic carbocycles. The number of likely N-dealkylation sites (N-methyl/N-ethyl adjacent to an activating group) is 1. The molecule has 1 heterocycles. The summed E-state index contributed by atoms with van der Waals surface area (Å²) in [5.41, 5.74) is 0. The van der Waals surface area contributed by atoms with Crippen LogP contribution in [-0.2, 0) is 14.4 Å². The highest BCUT2D eigenvalue weighted by atomic mass is 16.4. The topological polar surface area (TPSA) is 86.7 Å². The van der Waals surface area contributed by atoms with E-state index in [4.69, 9.17) is 5.11 Å². The zero-order chi connectivity index (χ0) is 14.0. The molecule has 106 valence electrons. The zero-order valence-corrected chi connectivity index (χ0v) is 11.1. The lowest BCUT2D eigenvalue weighted by Gasteiger charge is -2.26. The van der Waals surface area contributed by atoms with Crippen molar-refractivity contribution in [1.82, 2.24) is 10.2 Å². The van der Waals surface area contributed by atoms with Gasteiger partial charge < -0.3 is 15.3 Å². The molecule has 3 unspecified atom stereocenters. The number of likely N-dealkylation sites (tertiary alicyclic amines) is 1. The van der Waals surface area contributed by atoms with Gasteiger partial charge in [0, 0.05) is 19.5 Å². The van der Waals surface area contributed by atoms with E-state index in [2.05, 4.69) is 5.32 Å². The molecule has 19 heavy (non-hydrogen) atoms. The van der Waals surface area contributed by atoms with E-state index in [9.17, 15) is 14.4 Å². The lowest BCUT2D eigenvalue weighted by molar-refractivity contribution is -0.144. The summed E-state index contributed by atoms with van der Waals surface area (Å²) in [6, 6.07) is -0.428. The number of nitrogens with one attached hydrogen (secondary N) is 1. The van der Waals surface area contributed by atoms with Crippen LogP contribution in [0.2, 0.25) is 0 Å². The molecule has 1 saturated carbocycles. The van der Waals surface area contributed by atoms with E-state index in [0.717, 1.165) is 6.42 Å². The molecule has 2 aliphatic rings. The number of rotatable bonds is 3. The van der Waals surface area contributed by atoms with E-state index in [1.807, 2.05) is 0 Å². The van der Waals surface area contributed by atoms with Crippen molar-refractivity contribution in [2.45, 2.75) is 38.1 Å². The van der Waals surface area contributed by atoms with Crippen molar-refractivity contribution in [3.8, 4) is 0 Å². The highest BCUT2D eigenvalue weighted by Crippen LogP contribution is 2.29. The van der Waals surface area contributed by atoms with Crippen LogP contribution in [0.15, 0.2) is 0 Å². The van der Waals surface area contributed by atoms with Crippen LogP contribution in [0.5, 0.6) is 0 Å². The van der Waals surface area contributed by atoms with Gasteiger partial charge in [-0.2, -0.15) is 0 Å². The number of nitrogens with zero attached hydrogens (tertiary/aromatic N) is 1. The monoisotopic (exact) mass is 268 g/mol. The van der Waals surface area contributed by atoms with Gasteiger partial charge in [0.05, 0.1) is 5.92 Å². The van der Waals surface area contributed by atoms with Gasteiger partial charge in [-0.3, -0.25) is 14.4 Å². The Morgan fingerprint density at radius 3 is 2.53 bits per heavy atom. The Balaban J connectivity index is 1.89. The molecule has 2 fully saturated rings. The van der Waals surface area contributed by atoms with Gasteiger partial charge in [-0.05, 0) is 25.7 Å². The summed E-state index contributed by atoms with van der Waals surface area (Å²) in [5.74, 6) is -1.74. The third-order valence-electron chi connectivity index (χ3n) is 4.14. The molecule has 2 N–H and O–H groups in total. The van der Waals surface area contributed by atoms with E-state index in [0.29, 0.717) is 32.2 Å². The maximum atomic E-state index is 12.1. The first-order valence-corrected chi connectivity index (χ1v) is 6.77. The van der Waals surface area contributed by atoms with Crippen molar-refractivity contribution in [2.75, 3.05) is 13.6 Å². The van der Waals surface area contributed by atoms with E-state index in [1.54, 1.807) is 11.9 Å². The van der Waals surface area contributed by atoms with Crippen LogP contribution in [0.3, 0.4) is 0 Å². The number of carbonyl (C=O) groups is 3. The molecule has 0 bridgehead atoms. The van der Waals surface area contributed by atoms with Crippen molar-refractivity contribution in [3.05, 3.63) is 0 Å². The van der Waals surface area contributed by atoms with E-state index in [-0.39, 0.29) is 17.7 Å². The minimum absolute atomic E-state index is 0.0565. The molecule has 6 heteroatoms. The van der Waals surface area contributed by atoms with Gasteiger partial charge in [-0.15, -0.1) is 0 Å². The van der Waals surface area contributed by atoms with Gasteiger partial charge in [-0.1, -0.05) is 6.42 Å². The maximum Gasteiger partial charge on any atom is 0.306 e. The summed E-state index contributed by atoms with van der Waals surface area (Å²) in [5, 5.41) is 11.8. The standard InChI is InChI=1S/C13H20N2O4/c1-15-6-5-10(12(15)17)14-11(16)8-3-2-4-9(7-8)13(18)19/h8-10H,2-7H2,1H3,(H,14,16)(H,18,19). The van der Waals surface area contributed by atoms with E-state index < -0.39 is 17.9 Å². The Hall–Kier alpha value is -1.59. The third-order valence-corrected chi connectivity index (χ3v) is 4.14. The van der Waals surface area contributed by atoms with Crippen molar-refractivity contribution in [3.63, 3.8) is 0 Å². The lowest BCUT2D eigenvalue weighted by Crippen LogP contribution is -2.44. The first kappa shape index (κ1) is 13.8. The molecule has 2 amide bonds. The van der Waals surface area contributed by atoms with E-state index in [1.165, 1.54) is 0 Å². The van der Waals surface area contributed by atoms with Gasteiger partial charge in [-0.25, -0.2) is 0 Å². The first-order chi connectivity index (χ1) is 8.99. The summed E-state index contributed by atoms with van der Waals surface area (Å²) >= 11 is 0. The Kier molecular flexibility index (Phi) is 4.07. The van der Waals surface area contributed by atoms with Crippen LogP contribution in [0.1, 0.15) is 32.1 Å². The summed E-state index contributed by atoms with van der Waals surface area (Å²) in [7, 11) is 1.72. The normalized spacial score (nSPS) is 31.3. The molecular formula is C13H20N2O4.